The van der Waals surface area contributed by atoms with Crippen molar-refractivity contribution in [1.29, 1.82) is 0 Å². The van der Waals surface area contributed by atoms with Gasteiger partial charge in [-0.2, -0.15) is 0 Å². The standard InChI is InChI=1S/C22H23ClN4O4S/c1-5-10-27-21(16-11-14(23)6-9-18(16)30-3)25-26-22(27)32-13-20(28)24-17-8-7-15(29-2)12-19(17)31-4/h5-9,11-12H,1,10,13H2,2-4H3,(H,24,28). The topological polar surface area (TPSA) is 87.5 Å². The second-order valence-electron chi connectivity index (χ2n) is 6.45. The van der Waals surface area contributed by atoms with Gasteiger partial charge in [0.1, 0.15) is 17.2 Å². The van der Waals surface area contributed by atoms with Gasteiger partial charge in [0.25, 0.3) is 0 Å². The van der Waals surface area contributed by atoms with Gasteiger partial charge in [-0.3, -0.25) is 9.36 Å². The Kier molecular flexibility index (Phi) is 8.02. The molecule has 1 N–H and O–H groups in total. The maximum atomic E-state index is 12.6. The van der Waals surface area contributed by atoms with E-state index in [1.54, 1.807) is 56.7 Å². The number of nitrogens with zero attached hydrogens (tertiary/aromatic N) is 3. The number of aromatic nitrogens is 3. The highest BCUT2D eigenvalue weighted by molar-refractivity contribution is 7.99. The molecule has 0 aliphatic rings. The highest BCUT2D eigenvalue weighted by Gasteiger charge is 2.19. The summed E-state index contributed by atoms with van der Waals surface area (Å²) in [4.78, 5) is 12.6. The molecule has 0 aliphatic heterocycles. The van der Waals surface area contributed by atoms with E-state index in [9.17, 15) is 4.79 Å². The van der Waals surface area contributed by atoms with Crippen molar-refractivity contribution in [3.63, 3.8) is 0 Å². The van der Waals surface area contributed by atoms with Crippen molar-refractivity contribution in [2.45, 2.75) is 11.7 Å². The maximum absolute atomic E-state index is 12.6. The number of halogens is 1. The Morgan fingerprint density at radius 2 is 1.91 bits per heavy atom. The minimum absolute atomic E-state index is 0.122. The van der Waals surface area contributed by atoms with E-state index >= 15 is 0 Å². The third kappa shape index (κ3) is 5.35. The van der Waals surface area contributed by atoms with Crippen molar-refractivity contribution in [1.82, 2.24) is 14.8 Å². The van der Waals surface area contributed by atoms with E-state index in [0.29, 0.717) is 51.0 Å². The summed E-state index contributed by atoms with van der Waals surface area (Å²) in [5, 5.41) is 12.5. The van der Waals surface area contributed by atoms with Gasteiger partial charge < -0.3 is 19.5 Å². The van der Waals surface area contributed by atoms with E-state index in [1.807, 2.05) is 4.57 Å². The number of anilines is 1. The molecule has 1 amide bonds. The molecule has 0 saturated heterocycles. The van der Waals surface area contributed by atoms with Crippen LogP contribution < -0.4 is 19.5 Å². The smallest absolute Gasteiger partial charge is 0.234 e. The first-order chi connectivity index (χ1) is 15.5. The van der Waals surface area contributed by atoms with Crippen LogP contribution >= 0.6 is 23.4 Å². The number of hydrogen-bond acceptors (Lipinski definition) is 7. The quantitative estimate of drug-likeness (QED) is 0.341. The fourth-order valence-electron chi connectivity index (χ4n) is 2.96. The van der Waals surface area contributed by atoms with Crippen LogP contribution in [0, 0.1) is 0 Å². The molecule has 0 fully saturated rings. The van der Waals surface area contributed by atoms with Gasteiger partial charge >= 0.3 is 0 Å². The normalized spacial score (nSPS) is 10.5. The van der Waals surface area contributed by atoms with Crippen molar-refractivity contribution in [2.24, 2.45) is 0 Å². The molecule has 1 aromatic heterocycles. The number of thioether (sulfide) groups is 1. The Labute approximate surface area is 195 Å². The SMILES string of the molecule is C=CCn1c(SCC(=O)Nc2ccc(OC)cc2OC)nnc1-c1cc(Cl)ccc1OC. The number of carbonyl (C=O) groups is 1. The Morgan fingerprint density at radius 1 is 1.12 bits per heavy atom. The first-order valence-corrected chi connectivity index (χ1v) is 10.9. The number of hydrogen-bond donors (Lipinski definition) is 1. The summed E-state index contributed by atoms with van der Waals surface area (Å²) in [6.45, 7) is 4.26. The number of amides is 1. The number of methoxy groups -OCH3 is 3. The average molecular weight is 475 g/mol. The predicted octanol–water partition coefficient (Wildman–Crippen LogP) is 4.54. The fraction of sp³-hybridized carbons (Fsp3) is 0.227. The van der Waals surface area contributed by atoms with Gasteiger partial charge in [-0.1, -0.05) is 29.4 Å². The minimum atomic E-state index is -0.214. The molecule has 1 heterocycles. The lowest BCUT2D eigenvalue weighted by Gasteiger charge is -2.12. The summed E-state index contributed by atoms with van der Waals surface area (Å²) in [6.07, 6.45) is 1.73. The number of benzene rings is 2. The molecule has 3 rings (SSSR count). The highest BCUT2D eigenvalue weighted by atomic mass is 35.5. The molecule has 8 nitrogen and oxygen atoms in total. The zero-order valence-electron chi connectivity index (χ0n) is 17.9. The predicted molar refractivity (Wildman–Crippen MR) is 126 cm³/mol. The molecule has 0 aliphatic carbocycles. The molecule has 0 unspecified atom stereocenters. The Morgan fingerprint density at radius 3 is 2.59 bits per heavy atom. The van der Waals surface area contributed by atoms with Crippen molar-refractivity contribution >= 4 is 35.0 Å². The van der Waals surface area contributed by atoms with Crippen LogP contribution in [0.2, 0.25) is 5.02 Å². The van der Waals surface area contributed by atoms with Crippen molar-refractivity contribution in [3.05, 3.63) is 54.1 Å². The van der Waals surface area contributed by atoms with Crippen LogP contribution in [0.25, 0.3) is 11.4 Å². The van der Waals surface area contributed by atoms with Crippen LogP contribution in [0.1, 0.15) is 0 Å². The zero-order valence-corrected chi connectivity index (χ0v) is 19.5. The lowest BCUT2D eigenvalue weighted by molar-refractivity contribution is -0.113. The van der Waals surface area contributed by atoms with Gasteiger partial charge in [-0.25, -0.2) is 0 Å². The monoisotopic (exact) mass is 474 g/mol. The molecule has 3 aromatic rings. The highest BCUT2D eigenvalue weighted by Crippen LogP contribution is 2.34. The molecule has 32 heavy (non-hydrogen) atoms. The molecule has 10 heteroatoms. The van der Waals surface area contributed by atoms with Crippen molar-refractivity contribution in [2.75, 3.05) is 32.4 Å². The van der Waals surface area contributed by atoms with Crippen LogP contribution in [0.4, 0.5) is 5.69 Å². The molecule has 2 aromatic carbocycles. The molecule has 168 valence electrons. The summed E-state index contributed by atoms with van der Waals surface area (Å²) in [5.41, 5.74) is 1.25. The van der Waals surface area contributed by atoms with E-state index in [2.05, 4.69) is 22.1 Å². The number of allylic oxidation sites excluding steroid dienone is 1. The third-order valence-corrected chi connectivity index (χ3v) is 5.65. The second-order valence-corrected chi connectivity index (χ2v) is 7.83. The zero-order chi connectivity index (χ0) is 23.1. The molecule has 0 radical (unpaired) electrons. The van der Waals surface area contributed by atoms with E-state index in [1.165, 1.54) is 18.9 Å². The Hall–Kier alpha value is -3.17. The van der Waals surface area contributed by atoms with E-state index in [-0.39, 0.29) is 11.7 Å². The summed E-state index contributed by atoms with van der Waals surface area (Å²) < 4.78 is 17.8. The first kappa shape index (κ1) is 23.5. The number of ether oxygens (including phenoxy) is 3. The molecule has 0 spiro atoms. The van der Waals surface area contributed by atoms with Crippen molar-refractivity contribution < 1.29 is 19.0 Å². The average Bonchev–Trinajstić information content (AvgIpc) is 3.20. The maximum Gasteiger partial charge on any atom is 0.234 e. The van der Waals surface area contributed by atoms with Gasteiger partial charge in [0, 0.05) is 17.6 Å². The van der Waals surface area contributed by atoms with Gasteiger partial charge in [-0.05, 0) is 30.3 Å². The van der Waals surface area contributed by atoms with Gasteiger partial charge in [0.2, 0.25) is 5.91 Å². The summed E-state index contributed by atoms with van der Waals surface area (Å²) in [6, 6.07) is 10.5. The van der Waals surface area contributed by atoms with E-state index in [0.717, 1.165) is 0 Å². The van der Waals surface area contributed by atoms with Gasteiger partial charge in [0.05, 0.1) is 38.3 Å². The Balaban J connectivity index is 1.78. The fourth-order valence-corrected chi connectivity index (χ4v) is 3.88. The van der Waals surface area contributed by atoms with Crippen LogP contribution in [0.3, 0.4) is 0 Å². The number of nitrogens with one attached hydrogen (secondary N) is 1. The van der Waals surface area contributed by atoms with Crippen LogP contribution in [0.5, 0.6) is 17.2 Å². The molecule has 0 bridgehead atoms. The minimum Gasteiger partial charge on any atom is -0.497 e. The Bertz CT molecular complexity index is 1120. The molecular formula is C22H23ClN4O4S. The summed E-state index contributed by atoms with van der Waals surface area (Å²) in [7, 11) is 4.67. The van der Waals surface area contributed by atoms with E-state index < -0.39 is 0 Å². The number of rotatable bonds is 10. The second kappa shape index (κ2) is 10.9. The molecule has 0 atom stereocenters. The third-order valence-electron chi connectivity index (χ3n) is 4.45. The van der Waals surface area contributed by atoms with Crippen molar-refractivity contribution in [3.8, 4) is 28.6 Å². The first-order valence-electron chi connectivity index (χ1n) is 9.53. The lowest BCUT2D eigenvalue weighted by atomic mass is 10.2. The van der Waals surface area contributed by atoms with E-state index in [4.69, 9.17) is 25.8 Å². The van der Waals surface area contributed by atoms with Gasteiger partial charge in [-0.15, -0.1) is 16.8 Å². The number of carbonyl (C=O) groups excluding carboxylic acids is 1. The molecule has 0 saturated carbocycles. The van der Waals surface area contributed by atoms with Crippen LogP contribution in [-0.2, 0) is 11.3 Å². The summed E-state index contributed by atoms with van der Waals surface area (Å²) >= 11 is 7.43. The lowest BCUT2D eigenvalue weighted by Crippen LogP contribution is -2.15. The van der Waals surface area contributed by atoms with Crippen LogP contribution in [-0.4, -0.2) is 47.8 Å². The molecular weight excluding hydrogens is 452 g/mol. The van der Waals surface area contributed by atoms with Gasteiger partial charge in [0.15, 0.2) is 11.0 Å². The largest absolute Gasteiger partial charge is 0.497 e. The summed E-state index contributed by atoms with van der Waals surface area (Å²) in [5.74, 6) is 2.24. The van der Waals surface area contributed by atoms with Crippen LogP contribution in [0.15, 0.2) is 54.2 Å².